The lowest BCUT2D eigenvalue weighted by atomic mass is 10.3. The van der Waals surface area contributed by atoms with E-state index in [0.717, 1.165) is 22.3 Å². The van der Waals surface area contributed by atoms with E-state index in [-0.39, 0.29) is 0 Å². The first kappa shape index (κ1) is 15.5. The molecule has 3 heterocycles. The number of H-pyrrole nitrogens is 1. The van der Waals surface area contributed by atoms with Crippen LogP contribution in [0.15, 0.2) is 27.3 Å². The van der Waals surface area contributed by atoms with Crippen LogP contribution in [-0.4, -0.2) is 32.4 Å². The van der Waals surface area contributed by atoms with Gasteiger partial charge in [0, 0.05) is 31.1 Å². The second kappa shape index (κ2) is 6.37. The fourth-order valence-electron chi connectivity index (χ4n) is 1.94. The van der Waals surface area contributed by atoms with Crippen molar-refractivity contribution in [3.05, 3.63) is 34.2 Å². The van der Waals surface area contributed by atoms with Crippen LogP contribution in [0.3, 0.4) is 0 Å². The van der Waals surface area contributed by atoms with E-state index in [2.05, 4.69) is 53.5 Å². The van der Waals surface area contributed by atoms with Crippen LogP contribution in [-0.2, 0) is 6.42 Å². The number of aryl methyl sites for hydroxylation is 2. The number of nitrogens with zero attached hydrogens (tertiary/aromatic N) is 5. The number of nitrogens with one attached hydrogen (secondary N) is 2. The predicted octanol–water partition coefficient (Wildman–Crippen LogP) is 3.33. The van der Waals surface area contributed by atoms with Crippen molar-refractivity contribution in [2.45, 2.75) is 20.3 Å². The molecule has 3 aromatic rings. The molecule has 0 aliphatic rings. The highest BCUT2D eigenvalue weighted by Crippen LogP contribution is 2.27. The molecule has 120 valence electrons. The van der Waals surface area contributed by atoms with Gasteiger partial charge in [0.2, 0.25) is 11.8 Å². The molecule has 0 saturated heterocycles. The first-order chi connectivity index (χ1) is 11.1. The van der Waals surface area contributed by atoms with Gasteiger partial charge in [0.25, 0.3) is 0 Å². The Balaban J connectivity index is 1.86. The van der Waals surface area contributed by atoms with Crippen molar-refractivity contribution in [2.24, 2.45) is 0 Å². The summed E-state index contributed by atoms with van der Waals surface area (Å²) in [5, 5.41) is 14.2. The van der Waals surface area contributed by atoms with E-state index >= 15 is 0 Å². The molecule has 0 bridgehead atoms. The highest BCUT2D eigenvalue weighted by Gasteiger charge is 2.14. The van der Waals surface area contributed by atoms with Gasteiger partial charge in [-0.15, -0.1) is 0 Å². The Morgan fingerprint density at radius 3 is 2.87 bits per heavy atom. The van der Waals surface area contributed by atoms with Gasteiger partial charge in [-0.25, -0.2) is 4.98 Å². The lowest BCUT2D eigenvalue weighted by Gasteiger charge is -2.14. The summed E-state index contributed by atoms with van der Waals surface area (Å²) in [7, 11) is 1.82. The van der Waals surface area contributed by atoms with Crippen molar-refractivity contribution in [2.75, 3.05) is 17.3 Å². The van der Waals surface area contributed by atoms with E-state index in [1.165, 1.54) is 0 Å². The first-order valence-corrected chi connectivity index (χ1v) is 7.87. The molecule has 2 N–H and O–H groups in total. The molecule has 8 nitrogen and oxygen atoms in total. The highest BCUT2D eigenvalue weighted by molar-refractivity contribution is 9.10. The third-order valence-electron chi connectivity index (χ3n) is 3.24. The molecular weight excluding hydrogens is 362 g/mol. The van der Waals surface area contributed by atoms with Crippen molar-refractivity contribution in [1.29, 1.82) is 0 Å². The van der Waals surface area contributed by atoms with Crippen molar-refractivity contribution in [3.63, 3.8) is 0 Å². The van der Waals surface area contributed by atoms with Crippen LogP contribution in [0, 0.1) is 6.92 Å². The molecule has 0 aliphatic heterocycles. The number of hydrogen-bond donors (Lipinski definition) is 2. The quantitative estimate of drug-likeness (QED) is 0.703. The Bertz CT molecular complexity index is 813. The van der Waals surface area contributed by atoms with Crippen LogP contribution in [0.2, 0.25) is 0 Å². The number of anilines is 4. The molecule has 23 heavy (non-hydrogen) atoms. The maximum atomic E-state index is 5.23. The van der Waals surface area contributed by atoms with Gasteiger partial charge in [-0.3, -0.25) is 10.00 Å². The molecule has 9 heteroatoms. The van der Waals surface area contributed by atoms with E-state index in [9.17, 15) is 0 Å². The van der Waals surface area contributed by atoms with Crippen molar-refractivity contribution >= 4 is 39.4 Å². The number of aromatic amines is 1. The second-order valence-corrected chi connectivity index (χ2v) is 5.84. The number of hydrogen-bond acceptors (Lipinski definition) is 7. The van der Waals surface area contributed by atoms with Crippen LogP contribution >= 0.6 is 15.9 Å². The third-order valence-corrected chi connectivity index (χ3v) is 3.82. The van der Waals surface area contributed by atoms with Crippen LogP contribution < -0.4 is 10.2 Å². The molecule has 0 spiro atoms. The van der Waals surface area contributed by atoms with E-state index in [1.54, 1.807) is 11.1 Å². The summed E-state index contributed by atoms with van der Waals surface area (Å²) in [5.74, 6) is 2.37. The summed E-state index contributed by atoms with van der Waals surface area (Å²) in [6, 6.07) is 3.76. The van der Waals surface area contributed by atoms with Crippen LogP contribution in [0.1, 0.15) is 18.3 Å². The Morgan fingerprint density at radius 2 is 2.22 bits per heavy atom. The molecule has 0 radical (unpaired) electrons. The zero-order valence-electron chi connectivity index (χ0n) is 13.0. The van der Waals surface area contributed by atoms with Crippen molar-refractivity contribution in [3.8, 4) is 0 Å². The molecule has 0 atom stereocenters. The lowest BCUT2D eigenvalue weighted by Crippen LogP contribution is -2.13. The zero-order chi connectivity index (χ0) is 16.4. The fraction of sp³-hybridized carbons (Fsp3) is 0.286. The van der Waals surface area contributed by atoms with Crippen molar-refractivity contribution in [1.82, 2.24) is 25.3 Å². The minimum atomic E-state index is 0.484. The van der Waals surface area contributed by atoms with E-state index in [1.807, 2.05) is 26.1 Å². The maximum absolute atomic E-state index is 5.23. The highest BCUT2D eigenvalue weighted by atomic mass is 79.9. The van der Waals surface area contributed by atoms with E-state index < -0.39 is 0 Å². The molecule has 3 rings (SSSR count). The molecule has 0 amide bonds. The minimum Gasteiger partial charge on any atom is -0.338 e. The van der Waals surface area contributed by atoms with Gasteiger partial charge in [-0.1, -0.05) is 12.1 Å². The zero-order valence-corrected chi connectivity index (χ0v) is 14.5. The Morgan fingerprint density at radius 1 is 1.39 bits per heavy atom. The first-order valence-electron chi connectivity index (χ1n) is 7.07. The van der Waals surface area contributed by atoms with E-state index in [4.69, 9.17) is 4.52 Å². The van der Waals surface area contributed by atoms with Gasteiger partial charge in [-0.05, 0) is 29.3 Å². The Kier molecular flexibility index (Phi) is 4.28. The fourth-order valence-corrected chi connectivity index (χ4v) is 2.23. The topological polar surface area (TPSA) is 95.8 Å². The lowest BCUT2D eigenvalue weighted by molar-refractivity contribution is 0.420. The van der Waals surface area contributed by atoms with Gasteiger partial charge in [0.15, 0.2) is 11.6 Å². The molecule has 0 aliphatic carbocycles. The Hall–Kier alpha value is -2.42. The summed E-state index contributed by atoms with van der Waals surface area (Å²) in [6.07, 6.45) is 2.57. The number of halogens is 1. The van der Waals surface area contributed by atoms with Gasteiger partial charge in [0.05, 0.1) is 10.2 Å². The average molecular weight is 378 g/mol. The summed E-state index contributed by atoms with van der Waals surface area (Å²) in [6.45, 7) is 3.92. The second-order valence-electron chi connectivity index (χ2n) is 4.99. The monoisotopic (exact) mass is 377 g/mol. The maximum Gasteiger partial charge on any atom is 0.234 e. The molecule has 3 aromatic heterocycles. The predicted molar refractivity (Wildman–Crippen MR) is 90.3 cm³/mol. The van der Waals surface area contributed by atoms with Crippen LogP contribution in [0.4, 0.5) is 23.5 Å². The van der Waals surface area contributed by atoms with Gasteiger partial charge in [-0.2, -0.15) is 10.1 Å². The molecule has 0 unspecified atom stereocenters. The largest absolute Gasteiger partial charge is 0.338 e. The molecular formula is C14H16BrN7O. The SMILES string of the molecule is CCc1cc(Nc2nc(N(C)c3cc(C)no3)ncc2Br)n[nH]1. The number of rotatable bonds is 5. The average Bonchev–Trinajstić information content (AvgIpc) is 3.17. The van der Waals surface area contributed by atoms with Crippen LogP contribution in [0.25, 0.3) is 0 Å². The third kappa shape index (κ3) is 3.34. The van der Waals surface area contributed by atoms with Crippen molar-refractivity contribution < 1.29 is 4.52 Å². The summed E-state index contributed by atoms with van der Waals surface area (Å²) >= 11 is 3.44. The Labute approximate surface area is 141 Å². The summed E-state index contributed by atoms with van der Waals surface area (Å²) in [5.41, 5.74) is 1.85. The van der Waals surface area contributed by atoms with E-state index in [0.29, 0.717) is 23.5 Å². The molecule has 0 aromatic carbocycles. The molecule has 0 fully saturated rings. The summed E-state index contributed by atoms with van der Waals surface area (Å²) < 4.78 is 5.97. The van der Waals surface area contributed by atoms with Gasteiger partial charge < -0.3 is 9.84 Å². The number of aromatic nitrogens is 5. The van der Waals surface area contributed by atoms with Gasteiger partial charge >= 0.3 is 0 Å². The minimum absolute atomic E-state index is 0.484. The summed E-state index contributed by atoms with van der Waals surface area (Å²) in [4.78, 5) is 10.5. The standard InChI is InChI=1S/C14H16BrN7O/c1-4-9-6-11(20-19-9)17-13-10(15)7-16-14(18-13)22(3)12-5-8(2)21-23-12/h5-7H,4H2,1-3H3,(H2,16,17,18,19,20). The van der Waals surface area contributed by atoms with Crippen LogP contribution in [0.5, 0.6) is 0 Å². The molecule has 0 saturated carbocycles. The smallest absolute Gasteiger partial charge is 0.234 e. The normalized spacial score (nSPS) is 10.8. The van der Waals surface area contributed by atoms with Gasteiger partial charge in [0.1, 0.15) is 0 Å².